The first-order chi connectivity index (χ1) is 23.7. The molecule has 0 fully saturated rings. The van der Waals surface area contributed by atoms with Crippen molar-refractivity contribution in [3.63, 3.8) is 0 Å². The predicted molar refractivity (Wildman–Crippen MR) is 175 cm³/mol. The summed E-state index contributed by atoms with van der Waals surface area (Å²) in [6.45, 7) is 4.45. The second kappa shape index (κ2) is 12.6. The van der Waals surface area contributed by atoms with Gasteiger partial charge in [-0.1, -0.05) is 28.1 Å². The van der Waals surface area contributed by atoms with Gasteiger partial charge in [0, 0.05) is 12.3 Å². The second-order valence-electron chi connectivity index (χ2n) is 10.8. The Hall–Kier alpha value is -7.11. The van der Waals surface area contributed by atoms with Crippen molar-refractivity contribution < 1.29 is 13.8 Å². The fourth-order valence-electron chi connectivity index (χ4n) is 5.14. The lowest BCUT2D eigenvalue weighted by atomic mass is 10.1. The Labute approximate surface area is 275 Å². The van der Waals surface area contributed by atoms with E-state index in [0.717, 1.165) is 16.8 Å². The predicted octanol–water partition coefficient (Wildman–Crippen LogP) is 4.14. The molecule has 8 aromatic rings. The minimum absolute atomic E-state index is 0.00698. The maximum atomic E-state index is 11.3. The van der Waals surface area contributed by atoms with E-state index in [0.29, 0.717) is 57.3 Å². The van der Waals surface area contributed by atoms with Gasteiger partial charge in [0.15, 0.2) is 33.8 Å². The molecule has 8 rings (SSSR count). The molecule has 7 heterocycles. The zero-order valence-electron chi connectivity index (χ0n) is 26.0. The first-order valence-corrected chi connectivity index (χ1v) is 14.7. The number of nitrogens with two attached hydrogens (primary N) is 2. The Bertz CT molecular complexity index is 2430. The smallest absolute Gasteiger partial charge is 0.274 e. The summed E-state index contributed by atoms with van der Waals surface area (Å²) >= 11 is 0. The summed E-state index contributed by atoms with van der Waals surface area (Å²) in [7, 11) is 0. The summed E-state index contributed by atoms with van der Waals surface area (Å²) in [5.41, 5.74) is 17.9. The standard InChI is InChI=1S/C16H13N7O3.C15H13N7O/c1-9-4-5-11(23(24)25)10(7-9)8-22-15-14(20-21-22)13(18-16(17)19-15)12-3-2-6-26-12;1-9-4-2-6-17-10(9)8-22-14-13(20-21-22)12(18-15(16)19-14)11-5-3-7-23-11/h2-7H,8H2,1H3,(H2,17,18,19);2-7H,8H2,1H3,(H2,16,18,19). The fourth-order valence-corrected chi connectivity index (χ4v) is 5.14. The van der Waals surface area contributed by atoms with Crippen LogP contribution in [0.25, 0.3) is 45.2 Å². The van der Waals surface area contributed by atoms with Crippen LogP contribution in [0.5, 0.6) is 0 Å². The van der Waals surface area contributed by atoms with E-state index in [9.17, 15) is 10.1 Å². The Morgan fingerprint density at radius 1 is 0.776 bits per heavy atom. The van der Waals surface area contributed by atoms with Crippen molar-refractivity contribution >= 4 is 39.9 Å². The number of rotatable bonds is 7. The average molecular weight is 659 g/mol. The number of anilines is 2. The Morgan fingerprint density at radius 2 is 1.37 bits per heavy atom. The third kappa shape index (κ3) is 6.08. The maximum Gasteiger partial charge on any atom is 0.274 e. The number of benzene rings is 1. The van der Waals surface area contributed by atoms with Crippen molar-refractivity contribution in [3.05, 3.63) is 106 Å². The molecule has 18 nitrogen and oxygen atoms in total. The third-order valence-electron chi connectivity index (χ3n) is 7.44. The van der Waals surface area contributed by atoms with Crippen LogP contribution in [-0.4, -0.2) is 59.8 Å². The topological polar surface area (TPSA) is 247 Å². The van der Waals surface area contributed by atoms with Crippen molar-refractivity contribution in [2.45, 2.75) is 26.9 Å². The number of aromatic nitrogens is 11. The molecule has 244 valence electrons. The number of fused-ring (bicyclic) bond motifs is 2. The molecule has 18 heteroatoms. The zero-order chi connectivity index (χ0) is 34.1. The van der Waals surface area contributed by atoms with Crippen molar-refractivity contribution in [3.8, 4) is 22.9 Å². The van der Waals surface area contributed by atoms with E-state index in [-0.39, 0.29) is 24.1 Å². The molecule has 0 bridgehead atoms. The number of hydrogen-bond donors (Lipinski definition) is 2. The van der Waals surface area contributed by atoms with E-state index in [2.05, 4.69) is 45.5 Å². The van der Waals surface area contributed by atoms with Crippen LogP contribution in [0.2, 0.25) is 0 Å². The highest BCUT2D eigenvalue weighted by Gasteiger charge is 2.21. The first-order valence-electron chi connectivity index (χ1n) is 14.7. The van der Waals surface area contributed by atoms with E-state index in [1.54, 1.807) is 53.5 Å². The van der Waals surface area contributed by atoms with Gasteiger partial charge < -0.3 is 20.3 Å². The van der Waals surface area contributed by atoms with Crippen LogP contribution in [0.3, 0.4) is 0 Å². The molecule has 0 atom stereocenters. The minimum atomic E-state index is -0.425. The summed E-state index contributed by atoms with van der Waals surface area (Å²) in [5, 5.41) is 27.8. The number of nitrogens with zero attached hydrogens (tertiary/aromatic N) is 12. The molecule has 49 heavy (non-hydrogen) atoms. The average Bonchev–Trinajstić information content (AvgIpc) is 3.91. The van der Waals surface area contributed by atoms with E-state index in [1.165, 1.54) is 17.0 Å². The molecule has 4 N–H and O–H groups in total. The van der Waals surface area contributed by atoms with Crippen LogP contribution < -0.4 is 11.5 Å². The van der Waals surface area contributed by atoms with E-state index >= 15 is 0 Å². The number of hydrogen-bond acceptors (Lipinski definition) is 15. The molecule has 0 unspecified atom stereocenters. The van der Waals surface area contributed by atoms with Gasteiger partial charge in [0.25, 0.3) is 5.69 Å². The fraction of sp³-hybridized carbons (Fsp3) is 0.129. The number of furan rings is 2. The highest BCUT2D eigenvalue weighted by atomic mass is 16.6. The Balaban J connectivity index is 0.000000155. The molecule has 0 aliphatic carbocycles. The SMILES string of the molecule is Cc1ccc([N+](=O)[O-])c(Cn2nnc3c(-c4ccco4)nc(N)nc32)c1.Cc1cccnc1Cn1nnc2c(-c3ccco3)nc(N)nc21. The van der Waals surface area contributed by atoms with Crippen LogP contribution >= 0.6 is 0 Å². The lowest BCUT2D eigenvalue weighted by Gasteiger charge is -2.05. The van der Waals surface area contributed by atoms with Crippen LogP contribution in [0, 0.1) is 24.0 Å². The molecule has 0 aliphatic heterocycles. The summed E-state index contributed by atoms with van der Waals surface area (Å²) in [4.78, 5) is 32.1. The van der Waals surface area contributed by atoms with Crippen LogP contribution in [0.4, 0.5) is 17.6 Å². The van der Waals surface area contributed by atoms with Gasteiger partial charge >= 0.3 is 0 Å². The number of nitro groups is 1. The van der Waals surface area contributed by atoms with Crippen molar-refractivity contribution in [2.24, 2.45) is 0 Å². The molecular weight excluding hydrogens is 632 g/mol. The molecule has 0 spiro atoms. The van der Waals surface area contributed by atoms with Crippen LogP contribution in [-0.2, 0) is 13.1 Å². The van der Waals surface area contributed by atoms with Crippen LogP contribution in [0.1, 0.15) is 22.4 Å². The molecule has 0 amide bonds. The molecular formula is C31H26N14O4. The Kier molecular flexibility index (Phi) is 7.85. The van der Waals surface area contributed by atoms with Gasteiger partial charge in [0.05, 0.1) is 41.8 Å². The third-order valence-corrected chi connectivity index (χ3v) is 7.44. The van der Waals surface area contributed by atoms with Gasteiger partial charge in [-0.15, -0.1) is 10.2 Å². The second-order valence-corrected chi connectivity index (χ2v) is 10.8. The molecule has 0 saturated heterocycles. The first kappa shape index (κ1) is 30.5. The number of nitro benzene ring substituents is 1. The lowest BCUT2D eigenvalue weighted by molar-refractivity contribution is -0.385. The Morgan fingerprint density at radius 3 is 1.90 bits per heavy atom. The highest BCUT2D eigenvalue weighted by Crippen LogP contribution is 2.28. The number of nitrogen functional groups attached to an aromatic ring is 2. The molecule has 1 aromatic carbocycles. The minimum Gasteiger partial charge on any atom is -0.463 e. The molecule has 7 aromatic heterocycles. The van der Waals surface area contributed by atoms with Gasteiger partial charge in [0.1, 0.15) is 11.4 Å². The monoisotopic (exact) mass is 658 g/mol. The van der Waals surface area contributed by atoms with Crippen molar-refractivity contribution in [1.82, 2.24) is 54.9 Å². The normalized spacial score (nSPS) is 11.1. The largest absolute Gasteiger partial charge is 0.463 e. The van der Waals surface area contributed by atoms with Crippen LogP contribution in [0.15, 0.2) is 82.2 Å². The van der Waals surface area contributed by atoms with E-state index < -0.39 is 4.92 Å². The summed E-state index contributed by atoms with van der Waals surface area (Å²) in [6, 6.07) is 15.8. The van der Waals surface area contributed by atoms with Gasteiger partial charge in [-0.2, -0.15) is 9.97 Å². The number of pyridine rings is 1. The summed E-state index contributed by atoms with van der Waals surface area (Å²) in [6.07, 6.45) is 4.83. The molecule has 0 saturated carbocycles. The van der Waals surface area contributed by atoms with E-state index in [4.69, 9.17) is 20.3 Å². The van der Waals surface area contributed by atoms with Gasteiger partial charge in [-0.25, -0.2) is 19.3 Å². The van der Waals surface area contributed by atoms with Crippen molar-refractivity contribution in [2.75, 3.05) is 11.5 Å². The summed E-state index contributed by atoms with van der Waals surface area (Å²) < 4.78 is 13.9. The van der Waals surface area contributed by atoms with Gasteiger partial charge in [0.2, 0.25) is 11.9 Å². The maximum absolute atomic E-state index is 11.3. The molecule has 0 aliphatic rings. The summed E-state index contributed by atoms with van der Waals surface area (Å²) in [5.74, 6) is 1.24. The van der Waals surface area contributed by atoms with Gasteiger partial charge in [-0.3, -0.25) is 15.1 Å². The van der Waals surface area contributed by atoms with Crippen molar-refractivity contribution in [1.29, 1.82) is 0 Å². The van der Waals surface area contributed by atoms with Gasteiger partial charge in [-0.05, 0) is 55.8 Å². The zero-order valence-corrected chi connectivity index (χ0v) is 26.0. The lowest BCUT2D eigenvalue weighted by Crippen LogP contribution is -2.07. The van der Waals surface area contributed by atoms with E-state index in [1.807, 2.05) is 26.0 Å². The quantitative estimate of drug-likeness (QED) is 0.180. The number of aryl methyl sites for hydroxylation is 2. The molecule has 0 radical (unpaired) electrons. The highest BCUT2D eigenvalue weighted by molar-refractivity contribution is 5.86.